The Kier molecular flexibility index (Phi) is 8.65. The van der Waals surface area contributed by atoms with Gasteiger partial charge < -0.3 is 18.9 Å². The highest BCUT2D eigenvalue weighted by Crippen LogP contribution is 2.39. The Balaban J connectivity index is 1.54. The zero-order valence-corrected chi connectivity index (χ0v) is 20.4. The van der Waals surface area contributed by atoms with Crippen LogP contribution in [0, 0.1) is 35.0 Å². The summed E-state index contributed by atoms with van der Waals surface area (Å²) >= 11 is 0. The Morgan fingerprint density at radius 2 is 1.46 bits per heavy atom. The van der Waals surface area contributed by atoms with E-state index in [2.05, 4.69) is 9.47 Å². The van der Waals surface area contributed by atoms with E-state index >= 15 is 0 Å². The number of halogens is 8. The lowest BCUT2D eigenvalue weighted by atomic mass is 10.0. The van der Waals surface area contributed by atoms with Gasteiger partial charge in [-0.1, -0.05) is 13.3 Å². The quantitative estimate of drug-likeness (QED) is 0.248. The first-order chi connectivity index (χ1) is 18.5. The second kappa shape index (κ2) is 11.8. The van der Waals surface area contributed by atoms with Gasteiger partial charge in [0.15, 0.2) is 23.7 Å². The van der Waals surface area contributed by atoms with Crippen LogP contribution in [0.3, 0.4) is 0 Å². The average Bonchev–Trinajstić information content (AvgIpc) is 2.86. The number of benzene rings is 3. The first-order valence-electron chi connectivity index (χ1n) is 11.8. The van der Waals surface area contributed by atoms with Gasteiger partial charge in [-0.05, 0) is 48.4 Å². The van der Waals surface area contributed by atoms with Crippen molar-refractivity contribution in [1.82, 2.24) is 0 Å². The molecule has 0 N–H and O–H groups in total. The molecule has 1 fully saturated rings. The van der Waals surface area contributed by atoms with Gasteiger partial charge >= 0.3 is 6.11 Å². The molecule has 0 radical (unpaired) electrons. The summed E-state index contributed by atoms with van der Waals surface area (Å²) in [5.41, 5.74) is -2.64. The van der Waals surface area contributed by atoms with Crippen LogP contribution in [0.4, 0.5) is 35.1 Å². The third-order valence-electron chi connectivity index (χ3n) is 5.99. The van der Waals surface area contributed by atoms with Crippen LogP contribution in [0.25, 0.3) is 11.1 Å². The van der Waals surface area contributed by atoms with Gasteiger partial charge in [0.25, 0.3) is 0 Å². The van der Waals surface area contributed by atoms with Gasteiger partial charge in [-0.15, -0.1) is 0 Å². The van der Waals surface area contributed by atoms with Crippen LogP contribution in [0.5, 0.6) is 11.5 Å². The zero-order valence-electron chi connectivity index (χ0n) is 20.4. The maximum atomic E-state index is 14.8. The molecule has 1 heterocycles. The minimum absolute atomic E-state index is 0.109. The highest BCUT2D eigenvalue weighted by atomic mass is 19.3. The first-order valence-corrected chi connectivity index (χ1v) is 11.8. The van der Waals surface area contributed by atoms with E-state index in [0.29, 0.717) is 30.3 Å². The Morgan fingerprint density at radius 1 is 0.846 bits per heavy atom. The maximum Gasteiger partial charge on any atom is 0.432 e. The monoisotopic (exact) mass is 562 g/mol. The molecule has 12 heteroatoms. The van der Waals surface area contributed by atoms with Crippen molar-refractivity contribution in [2.45, 2.75) is 32.2 Å². The van der Waals surface area contributed by atoms with Crippen LogP contribution in [0.1, 0.15) is 37.2 Å². The lowest BCUT2D eigenvalue weighted by molar-refractivity contribution is -0.206. The Labute approximate surface area is 218 Å². The number of ether oxygens (including phenoxy) is 4. The molecule has 1 saturated heterocycles. The lowest BCUT2D eigenvalue weighted by Gasteiger charge is -2.30. The molecule has 3 aromatic rings. The van der Waals surface area contributed by atoms with Crippen LogP contribution in [-0.2, 0) is 15.6 Å². The summed E-state index contributed by atoms with van der Waals surface area (Å²) < 4.78 is 134. The standard InChI is InChI=1S/C27H22F8O4/c1-2-3-14-11-36-26(37-12-14)16-8-20(30)24(21(31)9-16)27(34,35)39-17-4-5-18(19(29)10-17)15-6-22(32)25(38-13-28)23(33)7-15/h4-10,14,26H,2-3,11-13H2,1H3. The van der Waals surface area contributed by atoms with Crippen molar-refractivity contribution in [3.8, 4) is 22.6 Å². The molecule has 1 aliphatic heterocycles. The summed E-state index contributed by atoms with van der Waals surface area (Å²) in [5.74, 6) is -8.92. The van der Waals surface area contributed by atoms with Gasteiger partial charge in [-0.3, -0.25) is 0 Å². The van der Waals surface area contributed by atoms with Crippen molar-refractivity contribution in [2.24, 2.45) is 5.92 Å². The van der Waals surface area contributed by atoms with E-state index in [0.717, 1.165) is 25.0 Å². The van der Waals surface area contributed by atoms with Crippen LogP contribution < -0.4 is 9.47 Å². The molecule has 210 valence electrons. The minimum atomic E-state index is -4.58. The molecule has 3 aromatic carbocycles. The third-order valence-corrected chi connectivity index (χ3v) is 5.99. The summed E-state index contributed by atoms with van der Waals surface area (Å²) in [6.45, 7) is 1.03. The van der Waals surface area contributed by atoms with Crippen molar-refractivity contribution in [3.05, 3.63) is 82.7 Å². The Morgan fingerprint density at radius 3 is 2.00 bits per heavy atom. The fourth-order valence-corrected chi connectivity index (χ4v) is 4.22. The predicted molar refractivity (Wildman–Crippen MR) is 122 cm³/mol. The number of alkyl halides is 3. The summed E-state index contributed by atoms with van der Waals surface area (Å²) in [5, 5.41) is 0. The lowest BCUT2D eigenvalue weighted by Crippen LogP contribution is -2.28. The number of hydrogen-bond donors (Lipinski definition) is 0. The minimum Gasteiger partial charge on any atom is -0.457 e. The van der Waals surface area contributed by atoms with E-state index < -0.39 is 71.0 Å². The van der Waals surface area contributed by atoms with Crippen LogP contribution in [0.15, 0.2) is 42.5 Å². The molecule has 4 nitrogen and oxygen atoms in total. The van der Waals surface area contributed by atoms with Crippen molar-refractivity contribution >= 4 is 0 Å². The number of rotatable bonds is 9. The number of hydrogen-bond acceptors (Lipinski definition) is 4. The molecule has 4 rings (SSSR count). The molecule has 0 bridgehead atoms. The van der Waals surface area contributed by atoms with E-state index in [9.17, 15) is 35.1 Å². The van der Waals surface area contributed by atoms with Gasteiger partial charge in [0.1, 0.15) is 28.8 Å². The second-order valence-electron chi connectivity index (χ2n) is 8.80. The molecule has 0 aromatic heterocycles. The topological polar surface area (TPSA) is 36.9 Å². The van der Waals surface area contributed by atoms with Crippen molar-refractivity contribution in [3.63, 3.8) is 0 Å². The summed E-state index contributed by atoms with van der Waals surface area (Å²) in [7, 11) is 0. The van der Waals surface area contributed by atoms with E-state index in [1.54, 1.807) is 0 Å². The SMILES string of the molecule is CCCC1COC(c2cc(F)c(C(F)(F)Oc3ccc(-c4cc(F)c(OCF)c(F)c4)c(F)c3)c(F)c2)OC1. The van der Waals surface area contributed by atoms with Gasteiger partial charge in [-0.25, -0.2) is 26.3 Å². The molecule has 0 aliphatic carbocycles. The van der Waals surface area contributed by atoms with Gasteiger partial charge in [-0.2, -0.15) is 8.78 Å². The van der Waals surface area contributed by atoms with Gasteiger partial charge in [0.2, 0.25) is 6.86 Å². The Bertz CT molecular complexity index is 1280. The van der Waals surface area contributed by atoms with E-state index in [4.69, 9.17) is 9.47 Å². The first kappa shape index (κ1) is 28.6. The highest BCUT2D eigenvalue weighted by molar-refractivity contribution is 5.66. The fourth-order valence-electron chi connectivity index (χ4n) is 4.22. The largest absolute Gasteiger partial charge is 0.457 e. The van der Waals surface area contributed by atoms with Crippen molar-refractivity contribution in [1.29, 1.82) is 0 Å². The molecule has 1 aliphatic rings. The highest BCUT2D eigenvalue weighted by Gasteiger charge is 2.42. The van der Waals surface area contributed by atoms with Crippen LogP contribution in [-0.4, -0.2) is 20.1 Å². The van der Waals surface area contributed by atoms with Gasteiger partial charge in [0.05, 0.1) is 13.2 Å². The summed E-state index contributed by atoms with van der Waals surface area (Å²) in [6.07, 6.45) is -4.00. The van der Waals surface area contributed by atoms with Crippen LogP contribution in [0.2, 0.25) is 0 Å². The van der Waals surface area contributed by atoms with E-state index in [1.165, 1.54) is 0 Å². The van der Waals surface area contributed by atoms with Crippen molar-refractivity contribution < 1.29 is 54.1 Å². The normalized spacial score (nSPS) is 17.8. The van der Waals surface area contributed by atoms with Crippen LogP contribution >= 0.6 is 0 Å². The fraction of sp³-hybridized carbons (Fsp3) is 0.333. The summed E-state index contributed by atoms with van der Waals surface area (Å²) in [6, 6.07) is 4.72. The van der Waals surface area contributed by atoms with E-state index in [1.807, 2.05) is 6.92 Å². The molecule has 0 amide bonds. The van der Waals surface area contributed by atoms with E-state index in [-0.39, 0.29) is 30.3 Å². The molecule has 0 unspecified atom stereocenters. The third kappa shape index (κ3) is 6.27. The summed E-state index contributed by atoms with van der Waals surface area (Å²) in [4.78, 5) is 0. The molecular formula is C27H22F8O4. The molecule has 0 spiro atoms. The zero-order chi connectivity index (χ0) is 28.3. The van der Waals surface area contributed by atoms with Gasteiger partial charge in [0, 0.05) is 23.1 Å². The molecule has 0 saturated carbocycles. The Hall–Kier alpha value is -3.38. The predicted octanol–water partition coefficient (Wildman–Crippen LogP) is 7.94. The molecule has 39 heavy (non-hydrogen) atoms. The maximum absolute atomic E-state index is 14.8. The molecular weight excluding hydrogens is 540 g/mol. The smallest absolute Gasteiger partial charge is 0.432 e. The second-order valence-corrected chi connectivity index (χ2v) is 8.80. The van der Waals surface area contributed by atoms with Crippen molar-refractivity contribution in [2.75, 3.05) is 20.1 Å². The average molecular weight is 562 g/mol. The molecule has 0 atom stereocenters.